The average Bonchev–Trinajstić information content (AvgIpc) is 2.92. The maximum absolute atomic E-state index is 13.4. The predicted molar refractivity (Wildman–Crippen MR) is 77.2 cm³/mol. The van der Waals surface area contributed by atoms with Crippen molar-refractivity contribution in [2.45, 2.75) is 6.42 Å². The van der Waals surface area contributed by atoms with Crippen LogP contribution in [-0.2, 0) is 0 Å². The summed E-state index contributed by atoms with van der Waals surface area (Å²) in [6.45, 7) is -0.0295. The van der Waals surface area contributed by atoms with Gasteiger partial charge in [0, 0.05) is 11.8 Å². The average molecular weight is 307 g/mol. The number of para-hydroxylation sites is 1. The van der Waals surface area contributed by atoms with E-state index in [9.17, 15) is 13.6 Å². The first-order valence-electron chi connectivity index (χ1n) is 6.05. The van der Waals surface area contributed by atoms with E-state index in [1.54, 1.807) is 5.38 Å². The summed E-state index contributed by atoms with van der Waals surface area (Å²) in [5, 5.41) is 12.4. The first kappa shape index (κ1) is 15.2. The van der Waals surface area contributed by atoms with Gasteiger partial charge in [-0.3, -0.25) is 4.79 Å². The highest BCUT2D eigenvalue weighted by atomic mass is 32.1. The van der Waals surface area contributed by atoms with Crippen LogP contribution in [0.1, 0.15) is 21.7 Å². The Kier molecular flexibility index (Phi) is 5.04. The van der Waals surface area contributed by atoms with Crippen molar-refractivity contribution in [3.8, 4) is 11.8 Å². The van der Waals surface area contributed by atoms with E-state index in [1.807, 2.05) is 0 Å². The molecule has 0 radical (unpaired) electrons. The van der Waals surface area contributed by atoms with Gasteiger partial charge in [-0.1, -0.05) is 17.9 Å². The summed E-state index contributed by atoms with van der Waals surface area (Å²) >= 11 is 1.24. The molecule has 0 fully saturated rings. The number of carbonyl (C=O) groups is 1. The van der Waals surface area contributed by atoms with E-state index in [-0.39, 0.29) is 12.2 Å². The molecule has 3 nitrogen and oxygen atoms in total. The zero-order chi connectivity index (χ0) is 15.2. The van der Waals surface area contributed by atoms with Crippen LogP contribution in [-0.4, -0.2) is 17.6 Å². The number of aliphatic hydroxyl groups excluding tert-OH is 1. The van der Waals surface area contributed by atoms with Gasteiger partial charge < -0.3 is 10.4 Å². The fourth-order valence-electron chi connectivity index (χ4n) is 1.53. The normalized spacial score (nSPS) is 9.86. The van der Waals surface area contributed by atoms with Crippen molar-refractivity contribution in [1.82, 2.24) is 0 Å². The molecule has 0 spiro atoms. The molecule has 108 valence electrons. The fourth-order valence-corrected chi connectivity index (χ4v) is 2.28. The topological polar surface area (TPSA) is 49.3 Å². The second kappa shape index (κ2) is 6.97. The van der Waals surface area contributed by atoms with E-state index in [0.29, 0.717) is 11.3 Å². The largest absolute Gasteiger partial charge is 0.395 e. The highest BCUT2D eigenvalue weighted by Gasteiger charge is 2.14. The lowest BCUT2D eigenvalue weighted by molar-refractivity contribution is 0.102. The van der Waals surface area contributed by atoms with E-state index in [4.69, 9.17) is 5.11 Å². The summed E-state index contributed by atoms with van der Waals surface area (Å²) in [5.41, 5.74) is -0.197. The molecule has 1 aromatic heterocycles. The van der Waals surface area contributed by atoms with Crippen LogP contribution >= 0.6 is 11.3 Å². The smallest absolute Gasteiger partial charge is 0.256 e. The van der Waals surface area contributed by atoms with Crippen molar-refractivity contribution in [2.24, 2.45) is 0 Å². The van der Waals surface area contributed by atoms with Crippen molar-refractivity contribution in [1.29, 1.82) is 0 Å². The Morgan fingerprint density at radius 1 is 1.33 bits per heavy atom. The number of aliphatic hydroxyl groups is 1. The first-order valence-corrected chi connectivity index (χ1v) is 6.93. The number of halogens is 2. The molecule has 0 saturated heterocycles. The highest BCUT2D eigenvalue weighted by Crippen LogP contribution is 2.20. The van der Waals surface area contributed by atoms with Crippen LogP contribution in [0.5, 0.6) is 0 Å². The Hall–Kier alpha value is -2.23. The maximum Gasteiger partial charge on any atom is 0.256 e. The van der Waals surface area contributed by atoms with Crippen LogP contribution in [0.15, 0.2) is 29.6 Å². The zero-order valence-electron chi connectivity index (χ0n) is 10.8. The molecule has 2 N–H and O–H groups in total. The van der Waals surface area contributed by atoms with Gasteiger partial charge in [0.05, 0.1) is 17.0 Å². The van der Waals surface area contributed by atoms with Crippen molar-refractivity contribution in [3.05, 3.63) is 51.7 Å². The summed E-state index contributed by atoms with van der Waals surface area (Å²) < 4.78 is 26.9. The number of amides is 1. The molecule has 2 rings (SSSR count). The van der Waals surface area contributed by atoms with Gasteiger partial charge in [0.15, 0.2) is 0 Å². The third kappa shape index (κ3) is 3.88. The summed E-state index contributed by atoms with van der Waals surface area (Å²) in [5.74, 6) is 3.25. The van der Waals surface area contributed by atoms with Gasteiger partial charge in [0.2, 0.25) is 0 Å². The first-order chi connectivity index (χ1) is 10.1. The Balaban J connectivity index is 2.13. The molecular formula is C15H11F2NO2S. The lowest BCUT2D eigenvalue weighted by Crippen LogP contribution is -2.13. The number of thiophene rings is 1. The van der Waals surface area contributed by atoms with Crippen LogP contribution in [0.4, 0.5) is 14.5 Å². The summed E-state index contributed by atoms with van der Waals surface area (Å²) in [6, 6.07) is 4.89. The minimum atomic E-state index is -0.832. The molecule has 1 heterocycles. The van der Waals surface area contributed by atoms with Gasteiger partial charge in [-0.05, 0) is 18.2 Å². The second-order valence-corrected chi connectivity index (χ2v) is 4.94. The van der Waals surface area contributed by atoms with Crippen LogP contribution in [0.25, 0.3) is 0 Å². The van der Waals surface area contributed by atoms with E-state index in [2.05, 4.69) is 17.2 Å². The molecule has 1 amide bonds. The van der Waals surface area contributed by atoms with Crippen molar-refractivity contribution >= 4 is 22.9 Å². The zero-order valence-corrected chi connectivity index (χ0v) is 11.6. The molecule has 0 aliphatic heterocycles. The Morgan fingerprint density at radius 3 is 2.71 bits per heavy atom. The molecule has 6 heteroatoms. The summed E-state index contributed by atoms with van der Waals surface area (Å²) in [4.78, 5) is 12.6. The van der Waals surface area contributed by atoms with E-state index < -0.39 is 23.2 Å². The lowest BCUT2D eigenvalue weighted by atomic mass is 10.2. The number of benzene rings is 1. The molecule has 0 aliphatic carbocycles. The quantitative estimate of drug-likeness (QED) is 0.856. The standard InChI is InChI=1S/C15H11F2NO2S/c16-12-5-3-6-13(17)14(12)18-15(20)10-8-11(21-9-10)4-1-2-7-19/h3,5-6,8-9,19H,2,7H2,(H,18,20). The second-order valence-electron chi connectivity index (χ2n) is 4.03. The van der Waals surface area contributed by atoms with Crippen LogP contribution in [0.3, 0.4) is 0 Å². The SMILES string of the molecule is O=C(Nc1c(F)cccc1F)c1csc(C#CCCO)c1. The van der Waals surface area contributed by atoms with Crippen molar-refractivity contribution in [2.75, 3.05) is 11.9 Å². The third-order valence-corrected chi connectivity index (χ3v) is 3.36. The Bertz CT molecular complexity index is 696. The highest BCUT2D eigenvalue weighted by molar-refractivity contribution is 7.10. The number of anilines is 1. The van der Waals surface area contributed by atoms with Crippen LogP contribution in [0.2, 0.25) is 0 Å². The molecule has 0 bridgehead atoms. The summed E-state index contributed by atoms with van der Waals surface area (Å²) in [7, 11) is 0. The number of hydrogen-bond donors (Lipinski definition) is 2. The molecule has 2 aromatic rings. The molecule has 21 heavy (non-hydrogen) atoms. The van der Waals surface area contributed by atoms with Gasteiger partial charge in [-0.15, -0.1) is 11.3 Å². The molecular weight excluding hydrogens is 296 g/mol. The van der Waals surface area contributed by atoms with Gasteiger partial charge in [0.1, 0.15) is 17.3 Å². The Morgan fingerprint density at radius 2 is 2.05 bits per heavy atom. The third-order valence-electron chi connectivity index (χ3n) is 2.51. The van der Waals surface area contributed by atoms with Crippen LogP contribution in [0, 0.1) is 23.5 Å². The lowest BCUT2D eigenvalue weighted by Gasteiger charge is -2.05. The number of nitrogens with one attached hydrogen (secondary N) is 1. The van der Waals surface area contributed by atoms with Crippen molar-refractivity contribution < 1.29 is 18.7 Å². The minimum absolute atomic E-state index is 0.0295. The monoisotopic (exact) mass is 307 g/mol. The Labute approximate surface area is 124 Å². The van der Waals surface area contributed by atoms with Gasteiger partial charge in [-0.25, -0.2) is 8.78 Å². The number of hydrogen-bond acceptors (Lipinski definition) is 3. The number of rotatable bonds is 3. The molecule has 0 atom stereocenters. The molecule has 1 aromatic carbocycles. The van der Waals surface area contributed by atoms with Gasteiger partial charge in [-0.2, -0.15) is 0 Å². The molecule has 0 saturated carbocycles. The summed E-state index contributed by atoms with van der Waals surface area (Å²) in [6.07, 6.45) is 0.347. The predicted octanol–water partition coefficient (Wildman–Crippen LogP) is 3.01. The van der Waals surface area contributed by atoms with E-state index in [1.165, 1.54) is 23.5 Å². The molecule has 0 aliphatic rings. The van der Waals surface area contributed by atoms with Gasteiger partial charge >= 0.3 is 0 Å². The maximum atomic E-state index is 13.4. The van der Waals surface area contributed by atoms with Gasteiger partial charge in [0.25, 0.3) is 5.91 Å². The van der Waals surface area contributed by atoms with Crippen molar-refractivity contribution in [3.63, 3.8) is 0 Å². The van der Waals surface area contributed by atoms with Crippen LogP contribution < -0.4 is 5.32 Å². The fraction of sp³-hybridized carbons (Fsp3) is 0.133. The van der Waals surface area contributed by atoms with E-state index >= 15 is 0 Å². The van der Waals surface area contributed by atoms with E-state index in [0.717, 1.165) is 12.1 Å². The molecule has 0 unspecified atom stereocenters. The minimum Gasteiger partial charge on any atom is -0.395 e. The number of carbonyl (C=O) groups excluding carboxylic acids is 1.